The summed E-state index contributed by atoms with van der Waals surface area (Å²) in [6, 6.07) is 7.06. The SMILES string of the molecule is O=S1(=O)CC(O)C(N2CCN(CCOc3ccc(Cl)cc3)CC2)C1. The first-order valence-corrected chi connectivity index (χ1v) is 10.4. The first-order valence-electron chi connectivity index (χ1n) is 8.16. The van der Waals surface area contributed by atoms with Gasteiger partial charge in [-0.3, -0.25) is 9.80 Å². The minimum absolute atomic E-state index is 0.0772. The van der Waals surface area contributed by atoms with E-state index in [0.29, 0.717) is 11.6 Å². The van der Waals surface area contributed by atoms with Crippen molar-refractivity contribution >= 4 is 21.4 Å². The van der Waals surface area contributed by atoms with E-state index in [1.165, 1.54) is 0 Å². The van der Waals surface area contributed by atoms with Gasteiger partial charge in [-0.2, -0.15) is 0 Å². The van der Waals surface area contributed by atoms with Crippen LogP contribution in [0.1, 0.15) is 0 Å². The molecule has 8 heteroatoms. The van der Waals surface area contributed by atoms with Gasteiger partial charge in [-0.1, -0.05) is 11.6 Å². The molecule has 2 unspecified atom stereocenters. The van der Waals surface area contributed by atoms with E-state index in [2.05, 4.69) is 9.80 Å². The topological polar surface area (TPSA) is 70.1 Å². The molecular weight excluding hydrogens is 352 g/mol. The van der Waals surface area contributed by atoms with Crippen molar-refractivity contribution in [3.8, 4) is 5.75 Å². The zero-order chi connectivity index (χ0) is 17.2. The summed E-state index contributed by atoms with van der Waals surface area (Å²) in [7, 11) is -3.09. The van der Waals surface area contributed by atoms with E-state index in [1.54, 1.807) is 12.1 Å². The zero-order valence-corrected chi connectivity index (χ0v) is 15.0. The molecule has 0 bridgehead atoms. The molecule has 6 nitrogen and oxygen atoms in total. The molecule has 0 radical (unpaired) electrons. The third-order valence-corrected chi connectivity index (χ3v) is 6.61. The average Bonchev–Trinajstić information content (AvgIpc) is 2.83. The number of aliphatic hydroxyl groups excluding tert-OH is 1. The van der Waals surface area contributed by atoms with Gasteiger partial charge in [0.25, 0.3) is 0 Å². The van der Waals surface area contributed by atoms with Crippen LogP contribution in [0.15, 0.2) is 24.3 Å². The molecule has 2 saturated heterocycles. The molecule has 2 heterocycles. The number of nitrogens with zero attached hydrogens (tertiary/aromatic N) is 2. The average molecular weight is 375 g/mol. The fourth-order valence-corrected chi connectivity index (χ4v) is 5.26. The maximum atomic E-state index is 11.6. The van der Waals surface area contributed by atoms with Crippen molar-refractivity contribution in [1.29, 1.82) is 0 Å². The second-order valence-corrected chi connectivity index (χ2v) is 8.98. The lowest BCUT2D eigenvalue weighted by molar-refractivity contribution is 0.0410. The highest BCUT2D eigenvalue weighted by Crippen LogP contribution is 2.20. The number of piperazine rings is 1. The number of sulfone groups is 1. The normalized spacial score (nSPS) is 28.1. The maximum Gasteiger partial charge on any atom is 0.154 e. The lowest BCUT2D eigenvalue weighted by atomic mass is 10.1. The van der Waals surface area contributed by atoms with Crippen LogP contribution in [0.2, 0.25) is 5.02 Å². The standard InChI is InChI=1S/C16H23ClN2O4S/c17-13-1-3-14(4-2-13)23-10-9-18-5-7-19(8-6-18)15-11-24(21,22)12-16(15)20/h1-4,15-16,20H,5-12H2. The van der Waals surface area contributed by atoms with E-state index in [4.69, 9.17) is 16.3 Å². The molecule has 2 aliphatic heterocycles. The molecule has 1 aromatic rings. The summed E-state index contributed by atoms with van der Waals surface area (Å²) in [5.74, 6) is 0.776. The van der Waals surface area contributed by atoms with Crippen LogP contribution in [0.25, 0.3) is 0 Å². The van der Waals surface area contributed by atoms with Gasteiger partial charge in [-0.05, 0) is 24.3 Å². The summed E-state index contributed by atoms with van der Waals surface area (Å²) in [6.45, 7) is 4.68. The van der Waals surface area contributed by atoms with Gasteiger partial charge in [-0.15, -0.1) is 0 Å². The summed E-state index contributed by atoms with van der Waals surface area (Å²) in [5, 5.41) is 10.7. The Morgan fingerprint density at radius 3 is 2.38 bits per heavy atom. The van der Waals surface area contributed by atoms with Crippen LogP contribution in [-0.4, -0.2) is 86.3 Å². The van der Waals surface area contributed by atoms with Gasteiger partial charge in [0.2, 0.25) is 0 Å². The zero-order valence-electron chi connectivity index (χ0n) is 13.5. The van der Waals surface area contributed by atoms with Crippen molar-refractivity contribution in [1.82, 2.24) is 9.80 Å². The summed E-state index contributed by atoms with van der Waals surface area (Å²) in [5.41, 5.74) is 0. The monoisotopic (exact) mass is 374 g/mol. The summed E-state index contributed by atoms with van der Waals surface area (Å²) in [4.78, 5) is 4.40. The van der Waals surface area contributed by atoms with E-state index in [1.807, 2.05) is 12.1 Å². The number of halogens is 1. The van der Waals surface area contributed by atoms with Crippen LogP contribution in [-0.2, 0) is 9.84 Å². The minimum Gasteiger partial charge on any atom is -0.492 e. The van der Waals surface area contributed by atoms with Crippen LogP contribution >= 0.6 is 11.6 Å². The molecule has 2 fully saturated rings. The molecule has 1 aromatic carbocycles. The highest BCUT2D eigenvalue weighted by molar-refractivity contribution is 7.91. The van der Waals surface area contributed by atoms with Gasteiger partial charge in [0.1, 0.15) is 12.4 Å². The smallest absolute Gasteiger partial charge is 0.154 e. The number of benzene rings is 1. The fraction of sp³-hybridized carbons (Fsp3) is 0.625. The minimum atomic E-state index is -3.09. The molecule has 0 amide bonds. The van der Waals surface area contributed by atoms with Crippen LogP contribution in [0.3, 0.4) is 0 Å². The number of aliphatic hydroxyl groups is 1. The van der Waals surface area contributed by atoms with Crippen molar-refractivity contribution in [3.05, 3.63) is 29.3 Å². The predicted octanol–water partition coefficient (Wildman–Crippen LogP) is 0.494. The summed E-state index contributed by atoms with van der Waals surface area (Å²) >= 11 is 5.84. The van der Waals surface area contributed by atoms with E-state index in [0.717, 1.165) is 38.5 Å². The first kappa shape index (κ1) is 17.9. The molecule has 0 aromatic heterocycles. The van der Waals surface area contributed by atoms with Crippen LogP contribution < -0.4 is 4.74 Å². The van der Waals surface area contributed by atoms with E-state index < -0.39 is 15.9 Å². The Morgan fingerprint density at radius 2 is 1.79 bits per heavy atom. The van der Waals surface area contributed by atoms with E-state index in [9.17, 15) is 13.5 Å². The lowest BCUT2D eigenvalue weighted by Gasteiger charge is -2.38. The highest BCUT2D eigenvalue weighted by Gasteiger charge is 2.40. The summed E-state index contributed by atoms with van der Waals surface area (Å²) < 4.78 is 29.0. The van der Waals surface area contributed by atoms with Gasteiger partial charge in [0.05, 0.1) is 23.7 Å². The fourth-order valence-electron chi connectivity index (χ4n) is 3.30. The molecule has 2 atom stereocenters. The van der Waals surface area contributed by atoms with Gasteiger partial charge >= 0.3 is 0 Å². The maximum absolute atomic E-state index is 11.6. The molecule has 3 rings (SSSR count). The Kier molecular flexibility index (Phi) is 5.66. The molecule has 0 spiro atoms. The number of ether oxygens (including phenoxy) is 1. The van der Waals surface area contributed by atoms with Gasteiger partial charge in [-0.25, -0.2) is 8.42 Å². The largest absolute Gasteiger partial charge is 0.492 e. The van der Waals surface area contributed by atoms with Crippen LogP contribution in [0, 0.1) is 0 Å². The van der Waals surface area contributed by atoms with Gasteiger partial charge in [0, 0.05) is 37.7 Å². The van der Waals surface area contributed by atoms with Crippen molar-refractivity contribution in [2.24, 2.45) is 0 Å². The van der Waals surface area contributed by atoms with Crippen LogP contribution in [0.4, 0.5) is 0 Å². The second-order valence-electron chi connectivity index (χ2n) is 6.39. The number of rotatable bonds is 5. The predicted molar refractivity (Wildman–Crippen MR) is 93.4 cm³/mol. The Balaban J connectivity index is 1.40. The Labute approximate surface area is 147 Å². The van der Waals surface area contributed by atoms with E-state index >= 15 is 0 Å². The molecular formula is C16H23ClN2O4S. The molecule has 0 aliphatic carbocycles. The second kappa shape index (κ2) is 7.58. The third kappa shape index (κ3) is 4.61. The van der Waals surface area contributed by atoms with Crippen LogP contribution in [0.5, 0.6) is 5.75 Å². The van der Waals surface area contributed by atoms with Crippen molar-refractivity contribution in [2.75, 3.05) is 50.8 Å². The lowest BCUT2D eigenvalue weighted by Crippen LogP contribution is -2.54. The van der Waals surface area contributed by atoms with Gasteiger partial charge < -0.3 is 9.84 Å². The molecule has 0 saturated carbocycles. The Hall–Kier alpha value is -0.860. The number of hydrogen-bond acceptors (Lipinski definition) is 6. The Bertz CT molecular complexity index is 645. The molecule has 1 N–H and O–H groups in total. The molecule has 24 heavy (non-hydrogen) atoms. The van der Waals surface area contributed by atoms with E-state index in [-0.39, 0.29) is 17.5 Å². The quantitative estimate of drug-likeness (QED) is 0.809. The molecule has 2 aliphatic rings. The van der Waals surface area contributed by atoms with Crippen molar-refractivity contribution in [2.45, 2.75) is 12.1 Å². The first-order chi connectivity index (χ1) is 11.4. The van der Waals surface area contributed by atoms with Gasteiger partial charge in [0.15, 0.2) is 9.84 Å². The Morgan fingerprint density at radius 1 is 1.12 bits per heavy atom. The third-order valence-electron chi connectivity index (χ3n) is 4.66. The number of hydrogen-bond donors (Lipinski definition) is 1. The summed E-state index contributed by atoms with van der Waals surface area (Å²) in [6.07, 6.45) is -0.755. The highest BCUT2D eigenvalue weighted by atomic mass is 35.5. The molecule has 134 valence electrons. The van der Waals surface area contributed by atoms with Crippen molar-refractivity contribution in [3.63, 3.8) is 0 Å². The van der Waals surface area contributed by atoms with Crippen molar-refractivity contribution < 1.29 is 18.3 Å².